The van der Waals surface area contributed by atoms with Crippen molar-refractivity contribution in [3.05, 3.63) is 29.7 Å². The molecule has 2 aromatic rings. The van der Waals surface area contributed by atoms with Crippen LogP contribution >= 0.6 is 0 Å². The first kappa shape index (κ1) is 11.6. The van der Waals surface area contributed by atoms with Gasteiger partial charge in [-0.1, -0.05) is 11.2 Å². The van der Waals surface area contributed by atoms with Crippen molar-refractivity contribution in [1.29, 1.82) is 0 Å². The largest absolute Gasteiger partial charge is 0.496 e. The molecular weight excluding hydrogens is 218 g/mol. The second kappa shape index (κ2) is 4.55. The maximum atomic E-state index is 5.67. The van der Waals surface area contributed by atoms with Crippen LogP contribution in [-0.4, -0.2) is 17.3 Å². The zero-order chi connectivity index (χ0) is 12.4. The van der Waals surface area contributed by atoms with Crippen LogP contribution in [0, 0.1) is 6.92 Å². The normalized spacial score (nSPS) is 12.5. The second-order valence-electron chi connectivity index (χ2n) is 3.95. The lowest BCUT2D eigenvalue weighted by atomic mass is 10.1. The highest BCUT2D eigenvalue weighted by Gasteiger charge is 2.15. The van der Waals surface area contributed by atoms with E-state index in [4.69, 9.17) is 15.0 Å². The van der Waals surface area contributed by atoms with Crippen molar-refractivity contribution < 1.29 is 9.26 Å². The minimum absolute atomic E-state index is 0.271. The van der Waals surface area contributed by atoms with E-state index in [1.807, 2.05) is 25.1 Å². The molecule has 5 nitrogen and oxygen atoms in total. The lowest BCUT2D eigenvalue weighted by molar-refractivity contribution is 0.361. The van der Waals surface area contributed by atoms with Crippen LogP contribution in [0.2, 0.25) is 0 Å². The number of methoxy groups -OCH3 is 1. The highest BCUT2D eigenvalue weighted by molar-refractivity contribution is 5.64. The number of benzene rings is 1. The van der Waals surface area contributed by atoms with Crippen molar-refractivity contribution >= 4 is 0 Å². The van der Waals surface area contributed by atoms with Gasteiger partial charge in [0.2, 0.25) is 11.7 Å². The number of nitrogens with zero attached hydrogens (tertiary/aromatic N) is 2. The van der Waals surface area contributed by atoms with Crippen molar-refractivity contribution in [3.8, 4) is 17.1 Å². The molecule has 0 amide bonds. The molecule has 0 aliphatic heterocycles. The standard InChI is InChI=1S/C12H15N3O2/c1-7-4-5-9(10(6-7)16-3)11-14-12(8(2)13)17-15-11/h4-6,8H,13H2,1-3H3/t8-/m1/s1. The first-order valence-electron chi connectivity index (χ1n) is 5.36. The molecule has 0 radical (unpaired) electrons. The summed E-state index contributed by atoms with van der Waals surface area (Å²) in [5.74, 6) is 1.64. The van der Waals surface area contributed by atoms with Crippen LogP contribution < -0.4 is 10.5 Å². The van der Waals surface area contributed by atoms with Gasteiger partial charge in [-0.15, -0.1) is 0 Å². The van der Waals surface area contributed by atoms with Gasteiger partial charge in [0.1, 0.15) is 5.75 Å². The fourth-order valence-corrected chi connectivity index (χ4v) is 1.51. The summed E-state index contributed by atoms with van der Waals surface area (Å²) in [5, 5.41) is 3.90. The first-order valence-corrected chi connectivity index (χ1v) is 5.36. The van der Waals surface area contributed by atoms with Gasteiger partial charge < -0.3 is 15.0 Å². The van der Waals surface area contributed by atoms with Crippen LogP contribution in [0.3, 0.4) is 0 Å². The molecule has 1 atom stereocenters. The van der Waals surface area contributed by atoms with Crippen molar-refractivity contribution in [2.45, 2.75) is 19.9 Å². The average molecular weight is 233 g/mol. The molecule has 17 heavy (non-hydrogen) atoms. The predicted molar refractivity (Wildman–Crippen MR) is 63.6 cm³/mol. The number of nitrogens with two attached hydrogens (primary N) is 1. The summed E-state index contributed by atoms with van der Waals surface area (Å²) in [6.45, 7) is 3.79. The highest BCUT2D eigenvalue weighted by Crippen LogP contribution is 2.29. The Hall–Kier alpha value is -1.88. The monoisotopic (exact) mass is 233 g/mol. The smallest absolute Gasteiger partial charge is 0.243 e. The quantitative estimate of drug-likeness (QED) is 0.878. The molecule has 90 valence electrons. The van der Waals surface area contributed by atoms with Crippen LogP contribution in [0.5, 0.6) is 5.75 Å². The van der Waals surface area contributed by atoms with E-state index in [0.29, 0.717) is 11.7 Å². The van der Waals surface area contributed by atoms with Gasteiger partial charge in [-0.25, -0.2) is 0 Å². The van der Waals surface area contributed by atoms with E-state index in [0.717, 1.165) is 16.9 Å². The number of ether oxygens (including phenoxy) is 1. The number of hydrogen-bond donors (Lipinski definition) is 1. The van der Waals surface area contributed by atoms with Crippen molar-refractivity contribution in [1.82, 2.24) is 10.1 Å². The molecule has 5 heteroatoms. The molecule has 0 aliphatic carbocycles. The molecule has 2 N–H and O–H groups in total. The average Bonchev–Trinajstić information content (AvgIpc) is 2.78. The fraction of sp³-hybridized carbons (Fsp3) is 0.333. The summed E-state index contributed by atoms with van der Waals surface area (Å²) in [5.41, 5.74) is 7.58. The summed E-state index contributed by atoms with van der Waals surface area (Å²) < 4.78 is 10.4. The molecule has 0 aliphatic rings. The van der Waals surface area contributed by atoms with E-state index in [-0.39, 0.29) is 6.04 Å². The maximum absolute atomic E-state index is 5.67. The van der Waals surface area contributed by atoms with Crippen molar-refractivity contribution in [3.63, 3.8) is 0 Å². The van der Waals surface area contributed by atoms with Gasteiger partial charge in [-0.3, -0.25) is 0 Å². The third kappa shape index (κ3) is 2.29. The van der Waals surface area contributed by atoms with E-state index in [9.17, 15) is 0 Å². The Morgan fingerprint density at radius 1 is 1.41 bits per heavy atom. The zero-order valence-corrected chi connectivity index (χ0v) is 10.1. The van der Waals surface area contributed by atoms with Gasteiger partial charge in [0.15, 0.2) is 0 Å². The fourth-order valence-electron chi connectivity index (χ4n) is 1.51. The van der Waals surface area contributed by atoms with Crippen LogP contribution in [0.25, 0.3) is 11.4 Å². The number of aromatic nitrogens is 2. The third-order valence-corrected chi connectivity index (χ3v) is 2.43. The second-order valence-corrected chi connectivity index (χ2v) is 3.95. The number of rotatable bonds is 3. The highest BCUT2D eigenvalue weighted by atomic mass is 16.5. The molecule has 0 unspecified atom stereocenters. The zero-order valence-electron chi connectivity index (χ0n) is 10.1. The lowest BCUT2D eigenvalue weighted by Gasteiger charge is -2.05. The van der Waals surface area contributed by atoms with Gasteiger partial charge in [0.05, 0.1) is 18.7 Å². The Bertz CT molecular complexity index is 520. The molecule has 0 saturated carbocycles. The van der Waals surface area contributed by atoms with Crippen LogP contribution in [-0.2, 0) is 0 Å². The van der Waals surface area contributed by atoms with E-state index in [1.54, 1.807) is 14.0 Å². The minimum Gasteiger partial charge on any atom is -0.496 e. The Balaban J connectivity index is 2.44. The molecular formula is C12H15N3O2. The maximum Gasteiger partial charge on any atom is 0.243 e. The van der Waals surface area contributed by atoms with E-state index in [1.165, 1.54) is 0 Å². The van der Waals surface area contributed by atoms with Gasteiger partial charge in [-0.05, 0) is 31.5 Å². The van der Waals surface area contributed by atoms with Gasteiger partial charge in [-0.2, -0.15) is 4.98 Å². The van der Waals surface area contributed by atoms with Gasteiger partial charge >= 0.3 is 0 Å². The molecule has 2 rings (SSSR count). The third-order valence-electron chi connectivity index (χ3n) is 2.43. The molecule has 0 spiro atoms. The molecule has 1 aromatic carbocycles. The molecule has 0 saturated heterocycles. The Morgan fingerprint density at radius 2 is 2.18 bits per heavy atom. The van der Waals surface area contributed by atoms with Gasteiger partial charge in [0, 0.05) is 0 Å². The summed E-state index contributed by atoms with van der Waals surface area (Å²) in [4.78, 5) is 4.24. The summed E-state index contributed by atoms with van der Waals surface area (Å²) in [6.07, 6.45) is 0. The number of aryl methyl sites for hydroxylation is 1. The predicted octanol–water partition coefficient (Wildman–Crippen LogP) is 2.07. The van der Waals surface area contributed by atoms with Crippen LogP contribution in [0.4, 0.5) is 0 Å². The molecule has 0 fully saturated rings. The van der Waals surface area contributed by atoms with Crippen molar-refractivity contribution in [2.75, 3.05) is 7.11 Å². The van der Waals surface area contributed by atoms with E-state index >= 15 is 0 Å². The Labute approximate surface area is 99.6 Å². The topological polar surface area (TPSA) is 74.2 Å². The first-order chi connectivity index (χ1) is 8.11. The van der Waals surface area contributed by atoms with Crippen LogP contribution in [0.1, 0.15) is 24.4 Å². The summed E-state index contributed by atoms with van der Waals surface area (Å²) in [6, 6.07) is 5.54. The van der Waals surface area contributed by atoms with E-state index < -0.39 is 0 Å². The minimum atomic E-state index is -0.271. The van der Waals surface area contributed by atoms with Crippen molar-refractivity contribution in [2.24, 2.45) is 5.73 Å². The lowest BCUT2D eigenvalue weighted by Crippen LogP contribution is -2.04. The van der Waals surface area contributed by atoms with Gasteiger partial charge in [0.25, 0.3) is 0 Å². The van der Waals surface area contributed by atoms with Crippen LogP contribution in [0.15, 0.2) is 22.7 Å². The molecule has 0 bridgehead atoms. The summed E-state index contributed by atoms with van der Waals surface area (Å²) >= 11 is 0. The summed E-state index contributed by atoms with van der Waals surface area (Å²) in [7, 11) is 1.62. The SMILES string of the molecule is COc1cc(C)ccc1-c1noc([C@@H](C)N)n1. The number of hydrogen-bond acceptors (Lipinski definition) is 5. The molecule has 1 heterocycles. The van der Waals surface area contributed by atoms with E-state index in [2.05, 4.69) is 10.1 Å². The Kier molecular flexibility index (Phi) is 3.10. The molecule has 1 aromatic heterocycles. The Morgan fingerprint density at radius 3 is 2.76 bits per heavy atom.